The minimum atomic E-state index is -0.557. The van der Waals surface area contributed by atoms with E-state index in [1.165, 1.54) is 30.0 Å². The van der Waals surface area contributed by atoms with Gasteiger partial charge in [-0.25, -0.2) is 0 Å². The molecule has 0 aliphatic heterocycles. The molecule has 0 atom stereocenters. The van der Waals surface area contributed by atoms with Gasteiger partial charge in [-0.15, -0.1) is 0 Å². The highest BCUT2D eigenvalue weighted by Gasteiger charge is 2.15. The Bertz CT molecular complexity index is 1050. The molecule has 0 saturated carbocycles. The molecule has 0 fully saturated rings. The third-order valence-corrected chi connectivity index (χ3v) is 4.65. The van der Waals surface area contributed by atoms with Crippen molar-refractivity contribution >= 4 is 33.2 Å². The number of hydrogen-bond acceptors (Lipinski definition) is 6. The zero-order valence-corrected chi connectivity index (χ0v) is 17.2. The number of benzene rings is 2. The molecule has 1 amide bonds. The molecule has 3 rings (SSSR count). The van der Waals surface area contributed by atoms with Gasteiger partial charge in [-0.3, -0.25) is 19.6 Å². The molecule has 3 aromatic rings. The fourth-order valence-corrected chi connectivity index (χ4v) is 2.89. The number of amides is 1. The molecule has 2 aromatic carbocycles. The third kappa shape index (κ3) is 5.11. The molecule has 0 radical (unpaired) electrons. The van der Waals surface area contributed by atoms with E-state index in [2.05, 4.69) is 26.3 Å². The first-order chi connectivity index (χ1) is 13.9. The number of nitro groups is 1. The van der Waals surface area contributed by atoms with Crippen LogP contribution in [0.25, 0.3) is 0 Å². The number of nitrogens with zero attached hydrogens (tertiary/aromatic N) is 3. The number of ether oxygens (including phenoxy) is 2. The van der Waals surface area contributed by atoms with Gasteiger partial charge in [0.15, 0.2) is 11.5 Å². The lowest BCUT2D eigenvalue weighted by Gasteiger charge is -2.12. The number of para-hydroxylation sites is 2. The Balaban J connectivity index is 1.82. The first-order valence-electron chi connectivity index (χ1n) is 8.45. The van der Waals surface area contributed by atoms with E-state index in [1.807, 2.05) is 0 Å². The molecule has 9 nitrogen and oxygen atoms in total. The van der Waals surface area contributed by atoms with Crippen LogP contribution in [0, 0.1) is 17.0 Å². The van der Waals surface area contributed by atoms with Gasteiger partial charge in [-0.05, 0) is 35.0 Å². The van der Waals surface area contributed by atoms with Crippen LogP contribution in [0.15, 0.2) is 53.1 Å². The van der Waals surface area contributed by atoms with Crippen LogP contribution in [0.2, 0.25) is 0 Å². The van der Waals surface area contributed by atoms with Gasteiger partial charge in [0, 0.05) is 18.3 Å². The zero-order valence-electron chi connectivity index (χ0n) is 15.6. The highest BCUT2D eigenvalue weighted by atomic mass is 79.9. The van der Waals surface area contributed by atoms with Crippen LogP contribution in [0.4, 0.5) is 11.4 Å². The Morgan fingerprint density at radius 2 is 2.00 bits per heavy atom. The number of non-ortho nitro benzene ring substituents is 1. The van der Waals surface area contributed by atoms with Crippen molar-refractivity contribution in [2.75, 3.05) is 12.4 Å². The maximum atomic E-state index is 12.3. The van der Waals surface area contributed by atoms with Gasteiger partial charge in [-0.1, -0.05) is 12.1 Å². The van der Waals surface area contributed by atoms with Gasteiger partial charge in [0.05, 0.1) is 34.0 Å². The molecule has 10 heteroatoms. The lowest BCUT2D eigenvalue weighted by molar-refractivity contribution is -0.384. The summed E-state index contributed by atoms with van der Waals surface area (Å²) in [5, 5.41) is 18.1. The number of nitrogens with one attached hydrogen (secondary N) is 1. The molecule has 1 heterocycles. The molecule has 0 bridgehead atoms. The molecule has 150 valence electrons. The van der Waals surface area contributed by atoms with Gasteiger partial charge >= 0.3 is 0 Å². The maximum absolute atomic E-state index is 12.3. The number of hydrogen-bond donors (Lipinski definition) is 1. The average molecular weight is 461 g/mol. The second-order valence-corrected chi connectivity index (χ2v) is 6.89. The van der Waals surface area contributed by atoms with Crippen molar-refractivity contribution in [1.29, 1.82) is 0 Å². The molecule has 0 saturated heterocycles. The Morgan fingerprint density at radius 3 is 2.62 bits per heavy atom. The van der Waals surface area contributed by atoms with Crippen LogP contribution in [0.1, 0.15) is 5.69 Å². The smallest absolute Gasteiger partial charge is 0.275 e. The normalized spacial score (nSPS) is 10.4. The first kappa shape index (κ1) is 20.3. The van der Waals surface area contributed by atoms with E-state index in [0.717, 1.165) is 10.2 Å². The SMILES string of the molecule is COc1ccccc1Oc1cc(NC(=O)Cn2cc(Br)c(C)n2)cc([N+](=O)[O-])c1. The largest absolute Gasteiger partial charge is 0.493 e. The fraction of sp³-hybridized carbons (Fsp3) is 0.158. The number of methoxy groups -OCH3 is 1. The quantitative estimate of drug-likeness (QED) is 0.415. The van der Waals surface area contributed by atoms with Gasteiger partial charge in [0.1, 0.15) is 12.3 Å². The van der Waals surface area contributed by atoms with Gasteiger partial charge in [0.25, 0.3) is 5.69 Å². The second-order valence-electron chi connectivity index (χ2n) is 6.03. The van der Waals surface area contributed by atoms with E-state index >= 15 is 0 Å². The minimum Gasteiger partial charge on any atom is -0.493 e. The van der Waals surface area contributed by atoms with E-state index in [0.29, 0.717) is 11.5 Å². The van der Waals surface area contributed by atoms with E-state index in [1.54, 1.807) is 37.4 Å². The standard InChI is InChI=1S/C19H17BrN4O5/c1-12-16(20)10-23(22-12)11-19(25)21-13-7-14(24(26)27)9-15(8-13)29-18-6-4-3-5-17(18)28-2/h3-10H,11H2,1-2H3,(H,21,25). The van der Waals surface area contributed by atoms with E-state index in [9.17, 15) is 14.9 Å². The van der Waals surface area contributed by atoms with Crippen molar-refractivity contribution in [2.45, 2.75) is 13.5 Å². The second kappa shape index (κ2) is 8.74. The number of carbonyl (C=O) groups is 1. The minimum absolute atomic E-state index is 0.0438. The predicted molar refractivity (Wildman–Crippen MR) is 109 cm³/mol. The Hall–Kier alpha value is -3.40. The molecular weight excluding hydrogens is 444 g/mol. The highest BCUT2D eigenvalue weighted by Crippen LogP contribution is 2.34. The van der Waals surface area contributed by atoms with Gasteiger partial charge in [-0.2, -0.15) is 5.10 Å². The lowest BCUT2D eigenvalue weighted by atomic mass is 10.2. The fourth-order valence-electron chi connectivity index (χ4n) is 2.57. The van der Waals surface area contributed by atoms with Crippen LogP contribution < -0.4 is 14.8 Å². The molecular formula is C19H17BrN4O5. The maximum Gasteiger partial charge on any atom is 0.275 e. The number of carbonyl (C=O) groups excluding carboxylic acids is 1. The Morgan fingerprint density at radius 1 is 1.28 bits per heavy atom. The molecule has 29 heavy (non-hydrogen) atoms. The van der Waals surface area contributed by atoms with E-state index < -0.39 is 4.92 Å². The summed E-state index contributed by atoms with van der Waals surface area (Å²) < 4.78 is 13.2. The van der Waals surface area contributed by atoms with Gasteiger partial charge < -0.3 is 14.8 Å². The Kier molecular flexibility index (Phi) is 6.13. The van der Waals surface area contributed by atoms with Crippen LogP contribution in [-0.4, -0.2) is 27.7 Å². The highest BCUT2D eigenvalue weighted by molar-refractivity contribution is 9.10. The summed E-state index contributed by atoms with van der Waals surface area (Å²) in [5.74, 6) is 0.675. The first-order valence-corrected chi connectivity index (χ1v) is 9.25. The number of halogens is 1. The van der Waals surface area contributed by atoms with Crippen molar-refractivity contribution in [2.24, 2.45) is 0 Å². The van der Waals surface area contributed by atoms with Crippen molar-refractivity contribution < 1.29 is 19.2 Å². The number of aryl methyl sites for hydroxylation is 1. The molecule has 1 N–H and O–H groups in total. The lowest BCUT2D eigenvalue weighted by Crippen LogP contribution is -2.19. The predicted octanol–water partition coefficient (Wildman–Crippen LogP) is 4.30. The van der Waals surface area contributed by atoms with Crippen LogP contribution in [0.5, 0.6) is 17.2 Å². The number of rotatable bonds is 7. The summed E-state index contributed by atoms with van der Waals surface area (Å²) in [6.45, 7) is 1.76. The van der Waals surface area contributed by atoms with Crippen LogP contribution >= 0.6 is 15.9 Å². The average Bonchev–Trinajstić information content (AvgIpc) is 2.98. The van der Waals surface area contributed by atoms with Crippen LogP contribution in [0.3, 0.4) is 0 Å². The summed E-state index contributed by atoms with van der Waals surface area (Å²) in [6.07, 6.45) is 1.68. The summed E-state index contributed by atoms with van der Waals surface area (Å²) in [4.78, 5) is 23.1. The topological polar surface area (TPSA) is 109 Å². The monoisotopic (exact) mass is 460 g/mol. The number of aromatic nitrogens is 2. The zero-order chi connectivity index (χ0) is 21.0. The van der Waals surface area contributed by atoms with Crippen molar-refractivity contribution in [3.8, 4) is 17.2 Å². The Labute approximate surface area is 174 Å². The van der Waals surface area contributed by atoms with E-state index in [4.69, 9.17) is 9.47 Å². The van der Waals surface area contributed by atoms with Gasteiger partial charge in [0.2, 0.25) is 5.91 Å². The molecule has 1 aromatic heterocycles. The summed E-state index contributed by atoms with van der Waals surface area (Å²) in [5.41, 5.74) is 0.767. The molecule has 0 aliphatic carbocycles. The third-order valence-electron chi connectivity index (χ3n) is 3.87. The summed E-state index contributed by atoms with van der Waals surface area (Å²) >= 11 is 3.33. The van der Waals surface area contributed by atoms with Crippen molar-refractivity contribution in [3.63, 3.8) is 0 Å². The van der Waals surface area contributed by atoms with E-state index in [-0.39, 0.29) is 29.6 Å². The molecule has 0 aliphatic rings. The summed E-state index contributed by atoms with van der Waals surface area (Å²) in [7, 11) is 1.50. The summed E-state index contributed by atoms with van der Waals surface area (Å²) in [6, 6.07) is 10.9. The molecule has 0 spiro atoms. The number of anilines is 1. The van der Waals surface area contributed by atoms with Crippen molar-refractivity contribution in [1.82, 2.24) is 9.78 Å². The molecule has 0 unspecified atom stereocenters. The van der Waals surface area contributed by atoms with Crippen molar-refractivity contribution in [3.05, 3.63) is 68.9 Å². The van der Waals surface area contributed by atoms with Crippen LogP contribution in [-0.2, 0) is 11.3 Å². The number of nitro benzene ring substituents is 1.